The fourth-order valence-electron chi connectivity index (χ4n) is 3.53. The summed E-state index contributed by atoms with van der Waals surface area (Å²) in [6.07, 6.45) is 4.53. The minimum Gasteiger partial charge on any atom is -0.357 e. The van der Waals surface area contributed by atoms with Gasteiger partial charge in [0.25, 0.3) is 0 Å². The lowest BCUT2D eigenvalue weighted by molar-refractivity contribution is -0.116. The van der Waals surface area contributed by atoms with Gasteiger partial charge in [-0.1, -0.05) is 0 Å². The second kappa shape index (κ2) is 7.48. The summed E-state index contributed by atoms with van der Waals surface area (Å²) in [5.74, 6) is -0.266. The average Bonchev–Trinajstić information content (AvgIpc) is 3.21. The molecule has 1 saturated heterocycles. The van der Waals surface area contributed by atoms with Gasteiger partial charge in [0.2, 0.25) is 15.9 Å². The molecule has 2 aliphatic rings. The summed E-state index contributed by atoms with van der Waals surface area (Å²) in [4.78, 5) is 17.5. The maximum atomic E-state index is 14.4. The fraction of sp³-hybridized carbons (Fsp3) is 0.368. The number of pyridine rings is 1. The largest absolute Gasteiger partial charge is 0.357 e. The van der Waals surface area contributed by atoms with Crippen molar-refractivity contribution in [1.82, 2.24) is 9.71 Å². The predicted octanol–water partition coefficient (Wildman–Crippen LogP) is 2.18. The second-order valence-corrected chi connectivity index (χ2v) is 8.76. The summed E-state index contributed by atoms with van der Waals surface area (Å²) in [5.41, 5.74) is 1.70. The highest BCUT2D eigenvalue weighted by molar-refractivity contribution is 7.89. The van der Waals surface area contributed by atoms with Gasteiger partial charge in [0.15, 0.2) is 0 Å². The van der Waals surface area contributed by atoms with Crippen LogP contribution in [0.15, 0.2) is 35.4 Å². The molecule has 1 fully saturated rings. The van der Waals surface area contributed by atoms with Crippen molar-refractivity contribution in [3.8, 4) is 0 Å². The quantitative estimate of drug-likeness (QED) is 0.797. The van der Waals surface area contributed by atoms with Crippen molar-refractivity contribution in [2.45, 2.75) is 37.1 Å². The number of amides is 1. The molecular weight excluding hydrogens is 383 g/mol. The number of fused-ring (bicyclic) bond motifs is 1. The number of aryl methyl sites for hydroxylation is 1. The first kappa shape index (κ1) is 18.8. The summed E-state index contributed by atoms with van der Waals surface area (Å²) in [6.45, 7) is 1.93. The third kappa shape index (κ3) is 3.85. The average molecular weight is 404 g/mol. The van der Waals surface area contributed by atoms with Gasteiger partial charge in [0.05, 0.1) is 0 Å². The number of aromatic nitrogens is 1. The van der Waals surface area contributed by atoms with E-state index in [4.69, 9.17) is 0 Å². The molecule has 0 bridgehead atoms. The normalized spacial score (nSPS) is 16.8. The molecule has 0 spiro atoms. The summed E-state index contributed by atoms with van der Waals surface area (Å²) >= 11 is 0. The second-order valence-electron chi connectivity index (χ2n) is 7.03. The molecule has 2 aromatic rings. The smallest absolute Gasteiger partial charge is 0.243 e. The van der Waals surface area contributed by atoms with Crippen LogP contribution in [0.25, 0.3) is 0 Å². The number of anilines is 2. The fourth-order valence-corrected chi connectivity index (χ4v) is 4.66. The van der Waals surface area contributed by atoms with Crippen LogP contribution in [-0.4, -0.2) is 32.4 Å². The van der Waals surface area contributed by atoms with E-state index in [1.807, 2.05) is 6.07 Å². The zero-order chi connectivity index (χ0) is 19.7. The Morgan fingerprint density at radius 1 is 1.18 bits per heavy atom. The van der Waals surface area contributed by atoms with Crippen molar-refractivity contribution in [3.63, 3.8) is 0 Å². The number of benzene rings is 1. The predicted molar refractivity (Wildman–Crippen MR) is 103 cm³/mol. The zero-order valence-electron chi connectivity index (χ0n) is 15.2. The number of halogens is 1. The van der Waals surface area contributed by atoms with Crippen molar-refractivity contribution in [2.24, 2.45) is 0 Å². The Bertz CT molecular complexity index is 1020. The number of hydrogen-bond donors (Lipinski definition) is 2. The van der Waals surface area contributed by atoms with E-state index in [-0.39, 0.29) is 18.9 Å². The molecule has 2 N–H and O–H groups in total. The van der Waals surface area contributed by atoms with Gasteiger partial charge < -0.3 is 10.2 Å². The van der Waals surface area contributed by atoms with E-state index < -0.39 is 20.7 Å². The molecule has 0 saturated carbocycles. The Labute approximate surface area is 163 Å². The molecule has 0 atom stereocenters. The maximum absolute atomic E-state index is 14.4. The van der Waals surface area contributed by atoms with E-state index in [0.717, 1.165) is 43.4 Å². The number of rotatable bonds is 5. The Morgan fingerprint density at radius 3 is 2.75 bits per heavy atom. The maximum Gasteiger partial charge on any atom is 0.243 e. The zero-order valence-corrected chi connectivity index (χ0v) is 16.1. The van der Waals surface area contributed by atoms with Gasteiger partial charge >= 0.3 is 0 Å². The minimum atomic E-state index is -4.04. The number of hydrogen-bond acceptors (Lipinski definition) is 5. The summed E-state index contributed by atoms with van der Waals surface area (Å²) in [5, 5.41) is 2.56. The monoisotopic (exact) mass is 404 g/mol. The highest BCUT2D eigenvalue weighted by atomic mass is 32.2. The molecule has 7 nitrogen and oxygen atoms in total. The number of nitrogens with zero attached hydrogens (tertiary/aromatic N) is 2. The molecule has 148 valence electrons. The highest BCUT2D eigenvalue weighted by Crippen LogP contribution is 2.28. The number of carbonyl (C=O) groups excluding carboxylic acids is 1. The number of sulfonamides is 1. The van der Waals surface area contributed by atoms with E-state index in [2.05, 4.69) is 19.9 Å². The summed E-state index contributed by atoms with van der Waals surface area (Å²) in [6, 6.07) is 5.96. The Hall–Kier alpha value is -2.52. The molecule has 28 heavy (non-hydrogen) atoms. The van der Waals surface area contributed by atoms with Gasteiger partial charge in [-0.3, -0.25) is 4.79 Å². The number of carbonyl (C=O) groups is 1. The third-order valence-corrected chi connectivity index (χ3v) is 6.47. The van der Waals surface area contributed by atoms with Crippen molar-refractivity contribution in [1.29, 1.82) is 0 Å². The summed E-state index contributed by atoms with van der Waals surface area (Å²) < 4.78 is 42.2. The van der Waals surface area contributed by atoms with Gasteiger partial charge in [0, 0.05) is 37.9 Å². The van der Waals surface area contributed by atoms with E-state index in [9.17, 15) is 17.6 Å². The van der Waals surface area contributed by atoms with Crippen LogP contribution in [0, 0.1) is 5.82 Å². The van der Waals surface area contributed by atoms with Gasteiger partial charge in [0.1, 0.15) is 16.5 Å². The topological polar surface area (TPSA) is 91.4 Å². The molecule has 0 unspecified atom stereocenters. The van der Waals surface area contributed by atoms with E-state index in [1.165, 1.54) is 6.07 Å². The van der Waals surface area contributed by atoms with Crippen molar-refractivity contribution < 1.29 is 17.6 Å². The van der Waals surface area contributed by atoms with Crippen LogP contribution >= 0.6 is 0 Å². The Morgan fingerprint density at radius 2 is 1.96 bits per heavy atom. The molecule has 1 amide bonds. The first-order chi connectivity index (χ1) is 13.4. The molecular formula is C19H21FN4O3S. The first-order valence-corrected chi connectivity index (χ1v) is 10.7. The third-order valence-electron chi connectivity index (χ3n) is 5.05. The van der Waals surface area contributed by atoms with Crippen molar-refractivity contribution in [2.75, 3.05) is 23.3 Å². The lowest BCUT2D eigenvalue weighted by Gasteiger charge is -2.19. The lowest BCUT2D eigenvalue weighted by Crippen LogP contribution is -2.26. The van der Waals surface area contributed by atoms with Crippen LogP contribution < -0.4 is 14.9 Å². The van der Waals surface area contributed by atoms with Crippen LogP contribution in [0.4, 0.5) is 15.9 Å². The van der Waals surface area contributed by atoms with Crippen molar-refractivity contribution >= 4 is 27.4 Å². The molecule has 1 aromatic heterocycles. The Balaban J connectivity index is 1.52. The molecule has 0 aliphatic carbocycles. The van der Waals surface area contributed by atoms with Crippen LogP contribution in [0.1, 0.15) is 30.4 Å². The first-order valence-electron chi connectivity index (χ1n) is 9.24. The van der Waals surface area contributed by atoms with E-state index in [0.29, 0.717) is 17.7 Å². The molecule has 3 heterocycles. The van der Waals surface area contributed by atoms with E-state index >= 15 is 0 Å². The van der Waals surface area contributed by atoms with Crippen LogP contribution in [0.3, 0.4) is 0 Å². The van der Waals surface area contributed by atoms with Gasteiger partial charge in [-0.05, 0) is 54.7 Å². The molecule has 0 radical (unpaired) electrons. The van der Waals surface area contributed by atoms with Gasteiger partial charge in [-0.2, -0.15) is 0 Å². The highest BCUT2D eigenvalue weighted by Gasteiger charge is 2.24. The lowest BCUT2D eigenvalue weighted by atomic mass is 10.0. The standard InChI is InChI=1S/C19H21FN4O3S/c20-15-11-16-14(3-4-19(25)23-16)10-17(15)28(26,27)22-12-13-5-6-21-18(9-13)24-7-1-2-8-24/h5-6,9-11,22H,1-4,7-8,12H2,(H,23,25). The summed E-state index contributed by atoms with van der Waals surface area (Å²) in [7, 11) is -4.04. The van der Waals surface area contributed by atoms with E-state index in [1.54, 1.807) is 12.3 Å². The molecule has 1 aromatic carbocycles. The van der Waals surface area contributed by atoms with Crippen LogP contribution in [0.2, 0.25) is 0 Å². The SMILES string of the molecule is O=C1CCc2cc(S(=O)(=O)NCc3ccnc(N4CCCC4)c3)c(F)cc2N1. The number of nitrogens with one attached hydrogen (secondary N) is 2. The van der Waals surface area contributed by atoms with Crippen molar-refractivity contribution in [3.05, 3.63) is 47.4 Å². The molecule has 4 rings (SSSR count). The molecule has 2 aliphatic heterocycles. The van der Waals surface area contributed by atoms with Gasteiger partial charge in [-0.15, -0.1) is 0 Å². The Kier molecular flexibility index (Phi) is 5.03. The minimum absolute atomic E-state index is 0.0406. The van der Waals surface area contributed by atoms with Gasteiger partial charge in [-0.25, -0.2) is 22.5 Å². The van der Waals surface area contributed by atoms with Crippen LogP contribution in [-0.2, 0) is 27.8 Å². The van der Waals surface area contributed by atoms with Crippen LogP contribution in [0.5, 0.6) is 0 Å². The molecule has 9 heteroatoms.